The zero-order valence-electron chi connectivity index (χ0n) is 14.6. The average molecular weight is 438 g/mol. The molecule has 3 rings (SSSR count). The number of halogens is 3. The standard InChI is InChI=1S/C17H21ClN4OS.2ClH/c1-3-10(2)13(19)7-12-8-14-15(24-12)16(22-17(18)21-14)20-9-11-5-4-6-23-11;;/h4-6,8,10,13H,3,7,9,19H2,1-2H3,(H,20,21,22);2*1H/t10-,13+;;/m0../s1. The van der Waals surface area contributed by atoms with E-state index in [2.05, 4.69) is 35.2 Å². The Morgan fingerprint density at radius 3 is 2.77 bits per heavy atom. The summed E-state index contributed by atoms with van der Waals surface area (Å²) < 4.78 is 6.34. The van der Waals surface area contributed by atoms with Crippen LogP contribution in [0, 0.1) is 5.92 Å². The highest BCUT2D eigenvalue weighted by molar-refractivity contribution is 7.19. The summed E-state index contributed by atoms with van der Waals surface area (Å²) in [5.41, 5.74) is 7.14. The second-order valence-corrected chi connectivity index (χ2v) is 7.43. The summed E-state index contributed by atoms with van der Waals surface area (Å²) in [5.74, 6) is 2.06. The molecule has 3 N–H and O–H groups in total. The van der Waals surface area contributed by atoms with Crippen LogP contribution in [0.4, 0.5) is 5.82 Å². The van der Waals surface area contributed by atoms with Gasteiger partial charge in [0.15, 0.2) is 0 Å². The number of nitrogens with zero attached hydrogens (tertiary/aromatic N) is 2. The molecule has 144 valence electrons. The minimum Gasteiger partial charge on any atom is -0.467 e. The van der Waals surface area contributed by atoms with Crippen molar-refractivity contribution in [2.75, 3.05) is 5.32 Å². The van der Waals surface area contributed by atoms with E-state index in [4.69, 9.17) is 21.8 Å². The smallest absolute Gasteiger partial charge is 0.224 e. The van der Waals surface area contributed by atoms with Gasteiger partial charge in [-0.15, -0.1) is 36.2 Å². The van der Waals surface area contributed by atoms with Crippen molar-refractivity contribution in [3.8, 4) is 0 Å². The Balaban J connectivity index is 0.00000169. The van der Waals surface area contributed by atoms with Gasteiger partial charge in [-0.2, -0.15) is 4.98 Å². The molecule has 3 aromatic heterocycles. The fourth-order valence-electron chi connectivity index (χ4n) is 2.49. The lowest BCUT2D eigenvalue weighted by Crippen LogP contribution is -2.29. The van der Waals surface area contributed by atoms with Gasteiger partial charge >= 0.3 is 0 Å². The molecule has 0 bridgehead atoms. The second kappa shape index (κ2) is 10.3. The number of furan rings is 1. The monoisotopic (exact) mass is 436 g/mol. The van der Waals surface area contributed by atoms with E-state index in [9.17, 15) is 0 Å². The van der Waals surface area contributed by atoms with Crippen LogP contribution >= 0.6 is 47.8 Å². The molecular formula is C17H23Cl3N4OS. The SMILES string of the molecule is CC[C@H](C)[C@H](N)Cc1cc2nc(Cl)nc(NCc3ccco3)c2s1.Cl.Cl. The summed E-state index contributed by atoms with van der Waals surface area (Å²) in [6.45, 7) is 4.90. The van der Waals surface area contributed by atoms with Crippen molar-refractivity contribution in [2.45, 2.75) is 39.3 Å². The molecule has 0 aliphatic carbocycles. The number of anilines is 1. The number of thiophene rings is 1. The number of nitrogens with two attached hydrogens (primary N) is 1. The van der Waals surface area contributed by atoms with Gasteiger partial charge in [-0.3, -0.25) is 0 Å². The van der Waals surface area contributed by atoms with Gasteiger partial charge in [-0.1, -0.05) is 20.3 Å². The fraction of sp³-hybridized carbons (Fsp3) is 0.412. The summed E-state index contributed by atoms with van der Waals surface area (Å²) in [5, 5.41) is 3.52. The Kier molecular flexibility index (Phi) is 9.13. The molecule has 0 spiro atoms. The van der Waals surface area contributed by atoms with Crippen molar-refractivity contribution in [3.05, 3.63) is 40.4 Å². The Morgan fingerprint density at radius 1 is 1.35 bits per heavy atom. The Bertz CT molecular complexity index is 810. The first-order valence-electron chi connectivity index (χ1n) is 8.04. The lowest BCUT2D eigenvalue weighted by molar-refractivity contribution is 0.442. The first-order chi connectivity index (χ1) is 11.6. The van der Waals surface area contributed by atoms with Gasteiger partial charge in [-0.05, 0) is 42.1 Å². The zero-order valence-corrected chi connectivity index (χ0v) is 17.8. The van der Waals surface area contributed by atoms with Gasteiger partial charge in [0, 0.05) is 10.9 Å². The van der Waals surface area contributed by atoms with Crippen LogP contribution in [-0.4, -0.2) is 16.0 Å². The van der Waals surface area contributed by atoms with Crippen LogP contribution < -0.4 is 11.1 Å². The fourth-order valence-corrected chi connectivity index (χ4v) is 3.80. The van der Waals surface area contributed by atoms with E-state index in [1.165, 1.54) is 4.88 Å². The Morgan fingerprint density at radius 2 is 2.12 bits per heavy atom. The molecule has 0 amide bonds. The largest absolute Gasteiger partial charge is 0.467 e. The van der Waals surface area contributed by atoms with Crippen LogP contribution in [0.15, 0.2) is 28.9 Å². The van der Waals surface area contributed by atoms with Crippen molar-refractivity contribution in [1.29, 1.82) is 0 Å². The minimum atomic E-state index is 0. The molecule has 0 unspecified atom stereocenters. The molecule has 26 heavy (non-hydrogen) atoms. The molecule has 0 saturated heterocycles. The minimum absolute atomic E-state index is 0. The van der Waals surface area contributed by atoms with Gasteiger partial charge in [0.1, 0.15) is 11.6 Å². The van der Waals surface area contributed by atoms with Gasteiger partial charge in [0.2, 0.25) is 5.28 Å². The molecule has 0 aliphatic heterocycles. The van der Waals surface area contributed by atoms with E-state index in [0.29, 0.717) is 12.5 Å². The van der Waals surface area contributed by atoms with Crippen LogP contribution in [0.3, 0.4) is 0 Å². The summed E-state index contributed by atoms with van der Waals surface area (Å²) in [6, 6.07) is 5.98. The number of hydrogen-bond donors (Lipinski definition) is 2. The molecule has 0 aliphatic rings. The zero-order chi connectivity index (χ0) is 17.1. The molecule has 0 saturated carbocycles. The molecule has 0 aromatic carbocycles. The maximum Gasteiger partial charge on any atom is 0.224 e. The van der Waals surface area contributed by atoms with E-state index < -0.39 is 0 Å². The number of aromatic nitrogens is 2. The second-order valence-electron chi connectivity index (χ2n) is 5.95. The van der Waals surface area contributed by atoms with Gasteiger partial charge in [-0.25, -0.2) is 4.98 Å². The van der Waals surface area contributed by atoms with Gasteiger partial charge in [0.25, 0.3) is 0 Å². The predicted molar refractivity (Wildman–Crippen MR) is 114 cm³/mol. The third-order valence-corrected chi connectivity index (χ3v) is 5.54. The molecule has 0 fully saturated rings. The van der Waals surface area contributed by atoms with Crippen LogP contribution in [0.1, 0.15) is 30.9 Å². The molecule has 3 aromatic rings. The predicted octanol–water partition coefficient (Wildman–Crippen LogP) is 5.31. The van der Waals surface area contributed by atoms with E-state index in [0.717, 1.165) is 34.6 Å². The molecule has 2 atom stereocenters. The van der Waals surface area contributed by atoms with E-state index >= 15 is 0 Å². The molecular weight excluding hydrogens is 415 g/mol. The van der Waals surface area contributed by atoms with Crippen LogP contribution in [0.25, 0.3) is 10.2 Å². The highest BCUT2D eigenvalue weighted by Crippen LogP contribution is 2.32. The number of fused-ring (bicyclic) bond motifs is 1. The highest BCUT2D eigenvalue weighted by atomic mass is 35.5. The van der Waals surface area contributed by atoms with Crippen molar-refractivity contribution >= 4 is 63.8 Å². The van der Waals surface area contributed by atoms with Crippen molar-refractivity contribution in [1.82, 2.24) is 9.97 Å². The number of hydrogen-bond acceptors (Lipinski definition) is 6. The van der Waals surface area contributed by atoms with E-state index in [1.807, 2.05) is 12.1 Å². The van der Waals surface area contributed by atoms with E-state index in [1.54, 1.807) is 17.6 Å². The third-order valence-electron chi connectivity index (χ3n) is 4.22. The van der Waals surface area contributed by atoms with E-state index in [-0.39, 0.29) is 36.1 Å². The molecule has 0 radical (unpaired) electrons. The molecule has 9 heteroatoms. The lowest BCUT2D eigenvalue weighted by Gasteiger charge is -2.16. The summed E-state index contributed by atoms with van der Waals surface area (Å²) >= 11 is 7.74. The number of rotatable bonds is 7. The van der Waals surface area contributed by atoms with Crippen molar-refractivity contribution < 1.29 is 4.42 Å². The lowest BCUT2D eigenvalue weighted by atomic mass is 9.97. The van der Waals surface area contributed by atoms with Gasteiger partial charge in [0.05, 0.1) is 23.0 Å². The topological polar surface area (TPSA) is 77.0 Å². The maximum atomic E-state index is 6.29. The average Bonchev–Trinajstić information content (AvgIpc) is 3.20. The van der Waals surface area contributed by atoms with Gasteiger partial charge < -0.3 is 15.5 Å². The van der Waals surface area contributed by atoms with Crippen LogP contribution in [0.5, 0.6) is 0 Å². The normalized spacial score (nSPS) is 12.9. The first-order valence-corrected chi connectivity index (χ1v) is 9.24. The summed E-state index contributed by atoms with van der Waals surface area (Å²) in [4.78, 5) is 9.86. The summed E-state index contributed by atoms with van der Waals surface area (Å²) in [6.07, 6.45) is 3.57. The summed E-state index contributed by atoms with van der Waals surface area (Å²) in [7, 11) is 0. The quantitative estimate of drug-likeness (QED) is 0.490. The maximum absolute atomic E-state index is 6.29. The molecule has 5 nitrogen and oxygen atoms in total. The van der Waals surface area contributed by atoms with Crippen molar-refractivity contribution in [3.63, 3.8) is 0 Å². The van der Waals surface area contributed by atoms with Crippen molar-refractivity contribution in [2.24, 2.45) is 11.7 Å². The Hall–Kier alpha value is -1.05. The Labute approximate surface area is 174 Å². The number of nitrogens with one attached hydrogen (secondary N) is 1. The third kappa shape index (κ3) is 5.47. The van der Waals surface area contributed by atoms with Crippen LogP contribution in [0.2, 0.25) is 5.28 Å². The molecule has 3 heterocycles. The first kappa shape index (κ1) is 23.0. The highest BCUT2D eigenvalue weighted by Gasteiger charge is 2.16. The van der Waals surface area contributed by atoms with Crippen LogP contribution in [-0.2, 0) is 13.0 Å².